The van der Waals surface area contributed by atoms with E-state index in [1.54, 1.807) is 0 Å². The van der Waals surface area contributed by atoms with E-state index in [9.17, 15) is 24.2 Å². The number of methoxy groups -OCH3 is 1. The molecule has 0 amide bonds. The van der Waals surface area contributed by atoms with Gasteiger partial charge in [-0.1, -0.05) is 0 Å². The average molecular weight is 394 g/mol. The molecule has 0 bridgehead atoms. The van der Waals surface area contributed by atoms with E-state index >= 15 is 0 Å². The van der Waals surface area contributed by atoms with Gasteiger partial charge >= 0.3 is 13.3 Å². The number of nitrogens with one attached hydrogen (secondary N) is 1. The molecule has 26 heavy (non-hydrogen) atoms. The van der Waals surface area contributed by atoms with Crippen LogP contribution >= 0.6 is 7.60 Å². The van der Waals surface area contributed by atoms with Crippen molar-refractivity contribution in [1.29, 1.82) is 0 Å². The highest BCUT2D eigenvalue weighted by atomic mass is 31.2. The van der Waals surface area contributed by atoms with Crippen LogP contribution in [0.15, 0.2) is 33.7 Å². The molecule has 148 valence electrons. The van der Waals surface area contributed by atoms with Gasteiger partial charge in [0.05, 0.1) is 26.4 Å². The summed E-state index contributed by atoms with van der Waals surface area (Å²) >= 11 is 0. The second-order valence-corrected chi connectivity index (χ2v) is 6.78. The second kappa shape index (κ2) is 11.2. The molecule has 0 aromatic carbocycles. The van der Waals surface area contributed by atoms with Crippen LogP contribution in [0.3, 0.4) is 0 Å². The third-order valence-corrected chi connectivity index (χ3v) is 4.19. The molecule has 0 radical (unpaired) electrons. The largest absolute Gasteiger partial charge is 0.392 e. The molecule has 0 aliphatic heterocycles. The minimum atomic E-state index is -3.93. The Balaban J connectivity index is 2.94. The summed E-state index contributed by atoms with van der Waals surface area (Å²) in [6.07, 6.45) is 0.357. The lowest BCUT2D eigenvalue weighted by atomic mass is 10.3. The van der Waals surface area contributed by atoms with Crippen molar-refractivity contribution in [3.63, 3.8) is 0 Å². The zero-order valence-electron chi connectivity index (χ0n) is 14.4. The van der Waals surface area contributed by atoms with Gasteiger partial charge in [-0.25, -0.2) is 4.79 Å². The lowest BCUT2D eigenvalue weighted by Crippen LogP contribution is -2.36. The minimum Gasteiger partial charge on any atom is -0.392 e. The SMILES string of the molecule is COCCOCC(/C=C/P(=O)(O)OC)OC(CO)n1ccc(=O)[nH]c1=O. The van der Waals surface area contributed by atoms with Gasteiger partial charge in [-0.05, 0) is 6.08 Å². The first-order valence-electron chi connectivity index (χ1n) is 7.55. The first-order chi connectivity index (χ1) is 12.3. The Kier molecular flexibility index (Phi) is 9.66. The maximum Gasteiger partial charge on any atom is 0.351 e. The summed E-state index contributed by atoms with van der Waals surface area (Å²) in [5.74, 6) is 0.918. The molecule has 1 heterocycles. The van der Waals surface area contributed by atoms with Crippen molar-refractivity contribution in [1.82, 2.24) is 9.55 Å². The van der Waals surface area contributed by atoms with Crippen LogP contribution in [0.4, 0.5) is 0 Å². The van der Waals surface area contributed by atoms with E-state index in [4.69, 9.17) is 14.2 Å². The van der Waals surface area contributed by atoms with Crippen molar-refractivity contribution >= 4 is 7.60 Å². The van der Waals surface area contributed by atoms with Crippen LogP contribution < -0.4 is 11.2 Å². The van der Waals surface area contributed by atoms with Gasteiger partial charge in [-0.15, -0.1) is 0 Å². The fourth-order valence-electron chi connectivity index (χ4n) is 1.80. The summed E-state index contributed by atoms with van der Waals surface area (Å²) in [6, 6.07) is 1.10. The van der Waals surface area contributed by atoms with Crippen molar-refractivity contribution in [2.24, 2.45) is 0 Å². The molecule has 0 saturated carbocycles. The first kappa shape index (κ1) is 22.5. The molecule has 1 aromatic heterocycles. The quantitative estimate of drug-likeness (QED) is 0.313. The summed E-state index contributed by atoms with van der Waals surface area (Å²) in [7, 11) is -1.35. The Morgan fingerprint density at radius 1 is 1.35 bits per heavy atom. The second-order valence-electron chi connectivity index (χ2n) is 4.99. The molecule has 1 aromatic rings. The molecule has 1 rings (SSSR count). The highest BCUT2D eigenvalue weighted by Crippen LogP contribution is 2.42. The molecule has 0 aliphatic carbocycles. The maximum absolute atomic E-state index is 11.8. The highest BCUT2D eigenvalue weighted by molar-refractivity contribution is 7.56. The van der Waals surface area contributed by atoms with E-state index in [-0.39, 0.29) is 13.2 Å². The van der Waals surface area contributed by atoms with E-state index in [1.807, 2.05) is 4.98 Å². The predicted octanol–water partition coefficient (Wildman–Crippen LogP) is -0.579. The standard InChI is InChI=1S/C14H23N2O9P/c1-22-6-7-24-10-11(4-8-26(20,21)23-2)25-13(9-17)16-5-3-12(18)15-14(16)19/h3-5,8,11,13,17H,6-7,9-10H2,1-2H3,(H,20,21)(H,15,18,19)/b8-4+. The van der Waals surface area contributed by atoms with Crippen LogP contribution in [0.2, 0.25) is 0 Å². The maximum atomic E-state index is 11.8. The third kappa shape index (κ3) is 7.75. The van der Waals surface area contributed by atoms with E-state index < -0.39 is 37.8 Å². The Labute approximate surface area is 149 Å². The molecule has 0 spiro atoms. The normalized spacial score (nSPS) is 16.5. The summed E-state index contributed by atoms with van der Waals surface area (Å²) < 4.78 is 32.7. The number of nitrogens with zero attached hydrogens (tertiary/aromatic N) is 1. The Morgan fingerprint density at radius 2 is 2.08 bits per heavy atom. The van der Waals surface area contributed by atoms with Gasteiger partial charge < -0.3 is 28.7 Å². The number of hydrogen-bond acceptors (Lipinski definition) is 8. The lowest BCUT2D eigenvalue weighted by Gasteiger charge is -2.23. The molecule has 12 heteroatoms. The van der Waals surface area contributed by atoms with Crippen LogP contribution in [0.1, 0.15) is 6.23 Å². The van der Waals surface area contributed by atoms with Gasteiger partial charge in [-0.2, -0.15) is 0 Å². The smallest absolute Gasteiger partial charge is 0.351 e. The molecule has 0 saturated heterocycles. The fourth-order valence-corrected chi connectivity index (χ4v) is 2.33. The van der Waals surface area contributed by atoms with E-state index in [0.717, 1.165) is 23.6 Å². The van der Waals surface area contributed by atoms with Crippen molar-refractivity contribution in [2.45, 2.75) is 12.3 Å². The molecule has 3 atom stereocenters. The van der Waals surface area contributed by atoms with Gasteiger partial charge in [0.25, 0.3) is 5.56 Å². The number of H-pyrrole nitrogens is 1. The first-order valence-corrected chi connectivity index (χ1v) is 9.19. The molecule has 0 aliphatic rings. The summed E-state index contributed by atoms with van der Waals surface area (Å²) in [5, 5.41) is 9.52. The monoisotopic (exact) mass is 394 g/mol. The highest BCUT2D eigenvalue weighted by Gasteiger charge is 2.19. The molecular weight excluding hydrogens is 371 g/mol. The van der Waals surface area contributed by atoms with Gasteiger partial charge in [0.1, 0.15) is 6.10 Å². The Bertz CT molecular complexity index is 730. The third-order valence-electron chi connectivity index (χ3n) is 3.11. The van der Waals surface area contributed by atoms with E-state index in [0.29, 0.717) is 6.61 Å². The number of rotatable bonds is 12. The topological polar surface area (TPSA) is 149 Å². The van der Waals surface area contributed by atoms with Crippen molar-refractivity contribution < 1.29 is 33.3 Å². The van der Waals surface area contributed by atoms with Gasteiger partial charge in [-0.3, -0.25) is 18.9 Å². The van der Waals surface area contributed by atoms with Crippen LogP contribution in [0.25, 0.3) is 0 Å². The van der Waals surface area contributed by atoms with Crippen molar-refractivity contribution in [3.8, 4) is 0 Å². The fraction of sp³-hybridized carbons (Fsp3) is 0.571. The Morgan fingerprint density at radius 3 is 2.65 bits per heavy atom. The van der Waals surface area contributed by atoms with Crippen LogP contribution in [-0.4, -0.2) is 66.3 Å². The number of aliphatic hydroxyl groups is 1. The number of aromatic amines is 1. The molecule has 0 fully saturated rings. The van der Waals surface area contributed by atoms with Crippen LogP contribution in [0.5, 0.6) is 0 Å². The number of aromatic nitrogens is 2. The van der Waals surface area contributed by atoms with Gasteiger partial charge in [0.15, 0.2) is 6.23 Å². The van der Waals surface area contributed by atoms with Gasteiger partial charge in [0.2, 0.25) is 0 Å². The van der Waals surface area contributed by atoms with Crippen molar-refractivity contribution in [3.05, 3.63) is 45.0 Å². The molecular formula is C14H23N2O9P. The Hall–Kier alpha value is -1.59. The summed E-state index contributed by atoms with van der Waals surface area (Å²) in [4.78, 5) is 34.5. The summed E-state index contributed by atoms with van der Waals surface area (Å²) in [6.45, 7) is -0.0585. The molecule has 11 nitrogen and oxygen atoms in total. The zero-order chi connectivity index (χ0) is 19.6. The van der Waals surface area contributed by atoms with E-state index in [1.165, 1.54) is 19.4 Å². The van der Waals surface area contributed by atoms with Crippen LogP contribution in [-0.2, 0) is 23.3 Å². The summed E-state index contributed by atoms with van der Waals surface area (Å²) in [5.41, 5.74) is -1.37. The molecule has 3 N–H and O–H groups in total. The number of ether oxygens (including phenoxy) is 3. The van der Waals surface area contributed by atoms with Crippen LogP contribution in [0, 0.1) is 0 Å². The zero-order valence-corrected chi connectivity index (χ0v) is 15.3. The molecule has 3 unspecified atom stereocenters. The average Bonchev–Trinajstić information content (AvgIpc) is 2.61. The lowest BCUT2D eigenvalue weighted by molar-refractivity contribution is -0.0922. The number of hydrogen-bond donors (Lipinski definition) is 3. The van der Waals surface area contributed by atoms with Crippen molar-refractivity contribution in [2.75, 3.05) is 40.6 Å². The minimum absolute atomic E-state index is 0.0435. The predicted molar refractivity (Wildman–Crippen MR) is 91.0 cm³/mol. The van der Waals surface area contributed by atoms with Gasteiger partial charge in [0, 0.05) is 32.3 Å². The van der Waals surface area contributed by atoms with E-state index in [2.05, 4.69) is 4.52 Å². The number of aliphatic hydroxyl groups excluding tert-OH is 1.